The minimum absolute atomic E-state index is 0.591. The molecular formula is C10H11Cl2I. The second kappa shape index (κ2) is 6.10. The zero-order valence-corrected chi connectivity index (χ0v) is 10.9. The van der Waals surface area contributed by atoms with Gasteiger partial charge in [-0.05, 0) is 52.6 Å². The van der Waals surface area contributed by atoms with Crippen molar-refractivity contribution < 1.29 is 0 Å². The fourth-order valence-corrected chi connectivity index (χ4v) is 2.49. The van der Waals surface area contributed by atoms with Gasteiger partial charge in [0.05, 0.1) is 0 Å². The molecule has 0 bridgehead atoms. The average Bonchev–Trinajstić information content (AvgIpc) is 2.15. The summed E-state index contributed by atoms with van der Waals surface area (Å²) in [4.78, 5) is 0. The molecule has 0 saturated carbocycles. The van der Waals surface area contributed by atoms with Crippen LogP contribution in [0, 0.1) is 3.57 Å². The molecule has 3 heteroatoms. The Morgan fingerprint density at radius 3 is 2.54 bits per heavy atom. The Bertz CT molecular complexity index is 274. The maximum atomic E-state index is 5.76. The van der Waals surface area contributed by atoms with E-state index < -0.39 is 0 Å². The number of halogens is 3. The van der Waals surface area contributed by atoms with Gasteiger partial charge in [0.2, 0.25) is 0 Å². The highest BCUT2D eigenvalue weighted by molar-refractivity contribution is 14.1. The summed E-state index contributed by atoms with van der Waals surface area (Å²) in [7, 11) is 0. The standard InChI is InChI=1S/C10H11Cl2I/c11-5-1-2-8-3-4-9(7-12)10(13)6-8/h3-4,6H,1-2,5,7H2. The third-order valence-electron chi connectivity index (χ3n) is 1.86. The lowest BCUT2D eigenvalue weighted by Gasteiger charge is -2.03. The Morgan fingerprint density at radius 1 is 1.23 bits per heavy atom. The van der Waals surface area contributed by atoms with Gasteiger partial charge in [0.15, 0.2) is 0 Å². The molecule has 0 saturated heterocycles. The van der Waals surface area contributed by atoms with Crippen molar-refractivity contribution in [2.75, 3.05) is 5.88 Å². The highest BCUT2D eigenvalue weighted by atomic mass is 127. The van der Waals surface area contributed by atoms with Crippen molar-refractivity contribution in [2.45, 2.75) is 18.7 Å². The van der Waals surface area contributed by atoms with E-state index >= 15 is 0 Å². The minimum Gasteiger partial charge on any atom is -0.127 e. The molecule has 0 heterocycles. The van der Waals surface area contributed by atoms with Crippen LogP contribution in [0.1, 0.15) is 17.5 Å². The van der Waals surface area contributed by atoms with Crippen molar-refractivity contribution in [1.82, 2.24) is 0 Å². The molecule has 0 aliphatic rings. The molecule has 13 heavy (non-hydrogen) atoms. The zero-order valence-electron chi connectivity index (χ0n) is 7.19. The molecule has 1 rings (SSSR count). The maximum Gasteiger partial charge on any atom is 0.0484 e. The molecule has 0 aromatic heterocycles. The van der Waals surface area contributed by atoms with E-state index in [2.05, 4.69) is 40.8 Å². The number of aryl methyl sites for hydroxylation is 1. The van der Waals surface area contributed by atoms with E-state index in [-0.39, 0.29) is 0 Å². The van der Waals surface area contributed by atoms with Crippen molar-refractivity contribution in [3.8, 4) is 0 Å². The van der Waals surface area contributed by atoms with Gasteiger partial charge in [-0.3, -0.25) is 0 Å². The van der Waals surface area contributed by atoms with E-state index in [1.54, 1.807) is 0 Å². The molecule has 0 fully saturated rings. The molecule has 0 nitrogen and oxygen atoms in total. The summed E-state index contributed by atoms with van der Waals surface area (Å²) >= 11 is 13.7. The number of benzene rings is 1. The average molecular weight is 329 g/mol. The number of hydrogen-bond donors (Lipinski definition) is 0. The van der Waals surface area contributed by atoms with Crippen LogP contribution in [-0.2, 0) is 12.3 Å². The van der Waals surface area contributed by atoms with Crippen molar-refractivity contribution in [2.24, 2.45) is 0 Å². The predicted octanol–water partition coefficient (Wildman–Crippen LogP) is 4.20. The second-order valence-electron chi connectivity index (χ2n) is 2.85. The Balaban J connectivity index is 2.71. The molecule has 0 aliphatic carbocycles. The summed E-state index contributed by atoms with van der Waals surface area (Å²) in [6.45, 7) is 0. The molecule has 0 unspecified atom stereocenters. The second-order valence-corrected chi connectivity index (χ2v) is 4.66. The third kappa shape index (κ3) is 3.64. The van der Waals surface area contributed by atoms with Gasteiger partial charge in [0, 0.05) is 15.3 Å². The van der Waals surface area contributed by atoms with E-state index in [0.29, 0.717) is 5.88 Å². The molecule has 1 aromatic rings. The van der Waals surface area contributed by atoms with Crippen LogP contribution in [0.3, 0.4) is 0 Å². The number of alkyl halides is 2. The van der Waals surface area contributed by atoms with E-state index in [0.717, 1.165) is 18.7 Å². The van der Waals surface area contributed by atoms with Crippen molar-refractivity contribution in [1.29, 1.82) is 0 Å². The number of rotatable bonds is 4. The van der Waals surface area contributed by atoms with Crippen LogP contribution in [0.15, 0.2) is 18.2 Å². The molecule has 0 N–H and O–H groups in total. The first-order valence-corrected chi connectivity index (χ1v) is 6.32. The first-order valence-electron chi connectivity index (χ1n) is 4.17. The lowest BCUT2D eigenvalue weighted by atomic mass is 10.1. The topological polar surface area (TPSA) is 0 Å². The van der Waals surface area contributed by atoms with Gasteiger partial charge in [-0.15, -0.1) is 23.2 Å². The highest BCUT2D eigenvalue weighted by Gasteiger charge is 1.99. The van der Waals surface area contributed by atoms with Crippen LogP contribution in [0.2, 0.25) is 0 Å². The quantitative estimate of drug-likeness (QED) is 0.574. The Kier molecular flexibility index (Phi) is 5.44. The monoisotopic (exact) mass is 328 g/mol. The van der Waals surface area contributed by atoms with Gasteiger partial charge in [-0.2, -0.15) is 0 Å². The third-order valence-corrected chi connectivity index (χ3v) is 3.42. The molecule has 0 spiro atoms. The maximum absolute atomic E-state index is 5.76. The normalized spacial score (nSPS) is 10.4. The van der Waals surface area contributed by atoms with Gasteiger partial charge in [0.25, 0.3) is 0 Å². The molecule has 0 radical (unpaired) electrons. The van der Waals surface area contributed by atoms with Crippen LogP contribution in [0.4, 0.5) is 0 Å². The van der Waals surface area contributed by atoms with Crippen LogP contribution in [0.5, 0.6) is 0 Å². The predicted molar refractivity (Wildman–Crippen MR) is 67.8 cm³/mol. The molecule has 0 amide bonds. The summed E-state index contributed by atoms with van der Waals surface area (Å²) in [5.41, 5.74) is 2.55. The van der Waals surface area contributed by atoms with Gasteiger partial charge in [-0.1, -0.05) is 12.1 Å². The molecule has 72 valence electrons. The highest BCUT2D eigenvalue weighted by Crippen LogP contribution is 2.17. The van der Waals surface area contributed by atoms with Crippen LogP contribution < -0.4 is 0 Å². The SMILES string of the molecule is ClCCCc1ccc(CCl)c(I)c1. The fourth-order valence-electron chi connectivity index (χ4n) is 1.13. The lowest BCUT2D eigenvalue weighted by molar-refractivity contribution is 0.926. The van der Waals surface area contributed by atoms with E-state index in [1.165, 1.54) is 14.7 Å². The van der Waals surface area contributed by atoms with Gasteiger partial charge in [0.1, 0.15) is 0 Å². The Hall–Kier alpha value is 0.530. The summed E-state index contributed by atoms with van der Waals surface area (Å²) in [6, 6.07) is 6.41. The molecule has 1 aromatic carbocycles. The lowest BCUT2D eigenvalue weighted by Crippen LogP contribution is -1.90. The summed E-state index contributed by atoms with van der Waals surface area (Å²) < 4.78 is 1.25. The largest absolute Gasteiger partial charge is 0.127 e. The van der Waals surface area contributed by atoms with Crippen LogP contribution in [0.25, 0.3) is 0 Å². The summed E-state index contributed by atoms with van der Waals surface area (Å²) in [5, 5.41) is 0. The minimum atomic E-state index is 0.591. The smallest absolute Gasteiger partial charge is 0.0484 e. The zero-order chi connectivity index (χ0) is 9.68. The molecule has 0 aliphatic heterocycles. The molecular weight excluding hydrogens is 318 g/mol. The Labute approximate surface area is 103 Å². The van der Waals surface area contributed by atoms with Gasteiger partial charge < -0.3 is 0 Å². The van der Waals surface area contributed by atoms with Crippen LogP contribution in [-0.4, -0.2) is 5.88 Å². The first-order chi connectivity index (χ1) is 6.27. The van der Waals surface area contributed by atoms with E-state index in [4.69, 9.17) is 23.2 Å². The summed E-state index contributed by atoms with van der Waals surface area (Å²) in [5.74, 6) is 1.32. The van der Waals surface area contributed by atoms with E-state index in [9.17, 15) is 0 Å². The van der Waals surface area contributed by atoms with Gasteiger partial charge >= 0.3 is 0 Å². The van der Waals surface area contributed by atoms with Crippen molar-refractivity contribution in [3.63, 3.8) is 0 Å². The molecule has 0 atom stereocenters. The first kappa shape index (κ1) is 11.6. The Morgan fingerprint density at radius 2 is 2.00 bits per heavy atom. The fraction of sp³-hybridized carbons (Fsp3) is 0.400. The number of hydrogen-bond acceptors (Lipinski definition) is 0. The summed E-state index contributed by atoms with van der Waals surface area (Å²) in [6.07, 6.45) is 2.10. The van der Waals surface area contributed by atoms with Gasteiger partial charge in [-0.25, -0.2) is 0 Å². The van der Waals surface area contributed by atoms with Crippen molar-refractivity contribution >= 4 is 45.8 Å². The van der Waals surface area contributed by atoms with Crippen molar-refractivity contribution in [3.05, 3.63) is 32.9 Å². The van der Waals surface area contributed by atoms with E-state index in [1.807, 2.05) is 0 Å². The van der Waals surface area contributed by atoms with Crippen LogP contribution >= 0.6 is 45.8 Å².